The van der Waals surface area contributed by atoms with Crippen LogP contribution in [0.4, 0.5) is 11.5 Å². The Morgan fingerprint density at radius 3 is 2.65 bits per heavy atom. The van der Waals surface area contributed by atoms with Crippen molar-refractivity contribution in [2.45, 2.75) is 20.0 Å². The largest absolute Gasteiger partial charge is 0.465 e. The van der Waals surface area contributed by atoms with Gasteiger partial charge in [0.1, 0.15) is 17.3 Å². The van der Waals surface area contributed by atoms with Crippen molar-refractivity contribution >= 4 is 22.4 Å². The summed E-state index contributed by atoms with van der Waals surface area (Å²) < 4.78 is 7.71. The van der Waals surface area contributed by atoms with Crippen LogP contribution in [0.15, 0.2) is 65.2 Å². The molecule has 0 aliphatic heterocycles. The van der Waals surface area contributed by atoms with Crippen molar-refractivity contribution in [2.75, 3.05) is 10.6 Å². The fourth-order valence-electron chi connectivity index (χ4n) is 3.03. The Labute approximate surface area is 152 Å². The molecule has 0 saturated carbocycles. The van der Waals surface area contributed by atoms with E-state index >= 15 is 0 Å². The van der Waals surface area contributed by atoms with E-state index < -0.39 is 0 Å². The van der Waals surface area contributed by atoms with E-state index in [0.29, 0.717) is 6.54 Å². The number of rotatable bonds is 6. The Bertz CT molecular complexity index is 1030. The summed E-state index contributed by atoms with van der Waals surface area (Å²) in [5.41, 5.74) is 3.29. The van der Waals surface area contributed by atoms with Crippen LogP contribution < -0.4 is 10.6 Å². The smallest absolute Gasteiger partial charge is 0.127 e. The van der Waals surface area contributed by atoms with Gasteiger partial charge in [0.15, 0.2) is 0 Å². The van der Waals surface area contributed by atoms with Gasteiger partial charge in [-0.05, 0) is 55.5 Å². The van der Waals surface area contributed by atoms with Crippen LogP contribution in [0.2, 0.25) is 0 Å². The molecule has 0 amide bonds. The maximum atomic E-state index is 5.59. The molecule has 2 N–H and O–H groups in total. The van der Waals surface area contributed by atoms with Gasteiger partial charge in [-0.1, -0.05) is 6.07 Å². The molecule has 0 unspecified atom stereocenters. The summed E-state index contributed by atoms with van der Waals surface area (Å²) in [4.78, 5) is 4.72. The zero-order valence-corrected chi connectivity index (χ0v) is 15.0. The topological polar surface area (TPSA) is 55.0 Å². The summed E-state index contributed by atoms with van der Waals surface area (Å²) in [5, 5.41) is 7.95. The summed E-state index contributed by atoms with van der Waals surface area (Å²) in [6, 6.07) is 18.4. The molecule has 4 aromatic rings. The van der Waals surface area contributed by atoms with E-state index in [1.54, 1.807) is 0 Å². The number of pyridine rings is 1. The summed E-state index contributed by atoms with van der Waals surface area (Å²) in [5.74, 6) is 2.66. The second-order valence-electron chi connectivity index (χ2n) is 6.40. The van der Waals surface area contributed by atoms with Gasteiger partial charge in [0, 0.05) is 30.0 Å². The molecule has 132 valence electrons. The molecule has 0 atom stereocenters. The first-order chi connectivity index (χ1) is 12.7. The Morgan fingerprint density at radius 2 is 1.88 bits per heavy atom. The van der Waals surface area contributed by atoms with E-state index in [-0.39, 0.29) is 0 Å². The molecular weight excluding hydrogens is 324 g/mol. The van der Waals surface area contributed by atoms with Crippen molar-refractivity contribution in [3.8, 4) is 0 Å². The molecule has 5 nitrogen and oxygen atoms in total. The van der Waals surface area contributed by atoms with Crippen molar-refractivity contribution in [1.29, 1.82) is 0 Å². The fourth-order valence-corrected chi connectivity index (χ4v) is 3.03. The van der Waals surface area contributed by atoms with Crippen LogP contribution in [0, 0.1) is 6.92 Å². The molecular formula is C21H22N4O. The molecule has 3 aromatic heterocycles. The lowest BCUT2D eigenvalue weighted by Gasteiger charge is -2.11. The van der Waals surface area contributed by atoms with Gasteiger partial charge in [0.05, 0.1) is 18.6 Å². The monoisotopic (exact) mass is 346 g/mol. The number of aromatic nitrogens is 2. The van der Waals surface area contributed by atoms with Crippen LogP contribution in [-0.2, 0) is 20.1 Å². The van der Waals surface area contributed by atoms with Crippen LogP contribution in [0.1, 0.15) is 17.2 Å². The molecule has 0 fully saturated rings. The average Bonchev–Trinajstić information content (AvgIpc) is 3.25. The van der Waals surface area contributed by atoms with Crippen molar-refractivity contribution in [2.24, 2.45) is 7.05 Å². The normalized spacial score (nSPS) is 11.0. The predicted octanol–water partition coefficient (Wildman–Crippen LogP) is 4.70. The van der Waals surface area contributed by atoms with Crippen molar-refractivity contribution in [1.82, 2.24) is 9.55 Å². The molecule has 0 spiro atoms. The highest BCUT2D eigenvalue weighted by Gasteiger charge is 2.05. The van der Waals surface area contributed by atoms with Crippen LogP contribution >= 0.6 is 0 Å². The first-order valence-corrected chi connectivity index (χ1v) is 8.72. The lowest BCUT2D eigenvalue weighted by Crippen LogP contribution is -2.05. The van der Waals surface area contributed by atoms with E-state index in [2.05, 4.69) is 52.7 Å². The third-order valence-corrected chi connectivity index (χ3v) is 4.48. The van der Waals surface area contributed by atoms with Crippen molar-refractivity contribution in [3.05, 3.63) is 78.0 Å². The van der Waals surface area contributed by atoms with Gasteiger partial charge >= 0.3 is 0 Å². The minimum absolute atomic E-state index is 0.623. The molecule has 0 saturated heterocycles. The van der Waals surface area contributed by atoms with Crippen molar-refractivity contribution in [3.63, 3.8) is 0 Å². The lowest BCUT2D eigenvalue weighted by molar-refractivity contribution is 0.490. The Balaban J connectivity index is 1.50. The predicted molar refractivity (Wildman–Crippen MR) is 105 cm³/mol. The number of fused-ring (bicyclic) bond motifs is 1. The first-order valence-electron chi connectivity index (χ1n) is 8.72. The van der Waals surface area contributed by atoms with Gasteiger partial charge in [0.25, 0.3) is 0 Å². The third kappa shape index (κ3) is 3.42. The zero-order valence-electron chi connectivity index (χ0n) is 15.0. The van der Waals surface area contributed by atoms with E-state index in [0.717, 1.165) is 40.5 Å². The van der Waals surface area contributed by atoms with Gasteiger partial charge < -0.3 is 19.6 Å². The number of nitrogens with one attached hydrogen (secondary N) is 2. The summed E-state index contributed by atoms with van der Waals surface area (Å²) in [7, 11) is 2.06. The summed E-state index contributed by atoms with van der Waals surface area (Å²) in [6.07, 6.45) is 2.06. The highest BCUT2D eigenvalue weighted by Crippen LogP contribution is 2.24. The van der Waals surface area contributed by atoms with Gasteiger partial charge in [-0.2, -0.15) is 0 Å². The number of hydrogen-bond donors (Lipinski definition) is 2. The molecule has 3 heterocycles. The molecule has 0 bridgehead atoms. The van der Waals surface area contributed by atoms with E-state index in [1.807, 2.05) is 37.3 Å². The summed E-state index contributed by atoms with van der Waals surface area (Å²) >= 11 is 0. The quantitative estimate of drug-likeness (QED) is 0.531. The fraction of sp³-hybridized carbons (Fsp3) is 0.190. The van der Waals surface area contributed by atoms with E-state index in [4.69, 9.17) is 9.40 Å². The molecule has 26 heavy (non-hydrogen) atoms. The SMILES string of the molecule is Cc1ccc(CNc2ccc3c(NCc4cccn4C)cccc3n2)o1. The second-order valence-corrected chi connectivity index (χ2v) is 6.40. The second kappa shape index (κ2) is 6.96. The molecule has 4 rings (SSSR count). The highest BCUT2D eigenvalue weighted by atomic mass is 16.3. The van der Waals surface area contributed by atoms with Crippen LogP contribution in [-0.4, -0.2) is 9.55 Å². The van der Waals surface area contributed by atoms with Crippen LogP contribution in [0.5, 0.6) is 0 Å². The van der Waals surface area contributed by atoms with Crippen molar-refractivity contribution < 1.29 is 4.42 Å². The number of hydrogen-bond acceptors (Lipinski definition) is 4. The lowest BCUT2D eigenvalue weighted by atomic mass is 10.1. The number of benzene rings is 1. The Morgan fingerprint density at radius 1 is 0.962 bits per heavy atom. The van der Waals surface area contributed by atoms with Crippen LogP contribution in [0.25, 0.3) is 10.9 Å². The van der Waals surface area contributed by atoms with E-state index in [1.165, 1.54) is 5.69 Å². The van der Waals surface area contributed by atoms with Gasteiger partial charge in [-0.25, -0.2) is 4.98 Å². The molecule has 0 aliphatic rings. The minimum atomic E-state index is 0.623. The zero-order chi connectivity index (χ0) is 17.9. The van der Waals surface area contributed by atoms with Crippen LogP contribution in [0.3, 0.4) is 0 Å². The first kappa shape index (κ1) is 16.3. The molecule has 0 aliphatic carbocycles. The maximum absolute atomic E-state index is 5.59. The molecule has 5 heteroatoms. The average molecular weight is 346 g/mol. The summed E-state index contributed by atoms with van der Waals surface area (Å²) in [6.45, 7) is 3.35. The standard InChI is InChI=1S/C21H22N4O/c1-15-8-9-17(26-15)14-23-21-11-10-18-19(6-3-7-20(18)24-21)22-13-16-5-4-12-25(16)2/h3-12,22H,13-14H2,1-2H3,(H,23,24). The van der Waals surface area contributed by atoms with Gasteiger partial charge in [-0.3, -0.25) is 0 Å². The Kier molecular flexibility index (Phi) is 4.35. The number of furan rings is 1. The molecule has 0 radical (unpaired) electrons. The van der Waals surface area contributed by atoms with Gasteiger partial charge in [0.2, 0.25) is 0 Å². The number of anilines is 2. The molecule has 1 aromatic carbocycles. The number of nitrogens with zero attached hydrogens (tertiary/aromatic N) is 2. The highest BCUT2D eigenvalue weighted by molar-refractivity contribution is 5.92. The number of aryl methyl sites for hydroxylation is 2. The Hall–Kier alpha value is -3.21. The van der Waals surface area contributed by atoms with Gasteiger partial charge in [-0.15, -0.1) is 0 Å². The maximum Gasteiger partial charge on any atom is 0.127 e. The van der Waals surface area contributed by atoms with E-state index in [9.17, 15) is 0 Å². The third-order valence-electron chi connectivity index (χ3n) is 4.48. The minimum Gasteiger partial charge on any atom is -0.465 e.